The first-order chi connectivity index (χ1) is 8.10. The zero-order valence-electron chi connectivity index (χ0n) is 10.3. The van der Waals surface area contributed by atoms with Crippen molar-refractivity contribution in [3.05, 3.63) is 23.8 Å². The van der Waals surface area contributed by atoms with Crippen molar-refractivity contribution in [2.75, 3.05) is 30.2 Å². The van der Waals surface area contributed by atoms with Gasteiger partial charge in [-0.25, -0.2) is 4.79 Å². The molecule has 5 heteroatoms. The second-order valence-corrected chi connectivity index (χ2v) is 4.67. The second-order valence-electron chi connectivity index (χ2n) is 3.76. The minimum absolute atomic E-state index is 0.234. The maximum Gasteiger partial charge on any atom is 0.340 e. The molecule has 17 heavy (non-hydrogen) atoms. The Balaban J connectivity index is 2.99. The summed E-state index contributed by atoms with van der Waals surface area (Å²) in [5.41, 5.74) is 7.56. The molecule has 1 atom stereocenters. The molecule has 94 valence electrons. The quantitative estimate of drug-likeness (QED) is 0.623. The van der Waals surface area contributed by atoms with Gasteiger partial charge in [-0.05, 0) is 25.3 Å². The molecule has 0 bridgehead atoms. The lowest BCUT2D eigenvalue weighted by atomic mass is 10.1. The van der Waals surface area contributed by atoms with Crippen LogP contribution >= 0.6 is 11.8 Å². The van der Waals surface area contributed by atoms with E-state index in [9.17, 15) is 4.79 Å². The molecule has 3 N–H and O–H groups in total. The molecule has 1 rings (SSSR count). The number of hydrogen-bond acceptors (Lipinski definition) is 5. The molecule has 0 fully saturated rings. The number of anilines is 2. The van der Waals surface area contributed by atoms with Crippen molar-refractivity contribution in [1.82, 2.24) is 0 Å². The fourth-order valence-corrected chi connectivity index (χ4v) is 2.13. The van der Waals surface area contributed by atoms with Gasteiger partial charge in [-0.2, -0.15) is 11.8 Å². The number of rotatable bonds is 5. The van der Waals surface area contributed by atoms with Gasteiger partial charge in [-0.1, -0.05) is 6.07 Å². The summed E-state index contributed by atoms with van der Waals surface area (Å²) in [5.74, 6) is 0.561. The number of carbonyl (C=O) groups is 1. The first-order valence-corrected chi connectivity index (χ1v) is 6.71. The monoisotopic (exact) mass is 254 g/mol. The summed E-state index contributed by atoms with van der Waals surface area (Å²) in [6.45, 7) is 2.05. The van der Waals surface area contributed by atoms with E-state index in [0.717, 1.165) is 5.75 Å². The number of nitrogens with two attached hydrogens (primary N) is 1. The number of nitrogens with one attached hydrogen (secondary N) is 1. The van der Waals surface area contributed by atoms with E-state index in [1.54, 1.807) is 30.0 Å². The minimum Gasteiger partial charge on any atom is -0.465 e. The molecule has 0 spiro atoms. The van der Waals surface area contributed by atoms with Crippen molar-refractivity contribution in [2.24, 2.45) is 0 Å². The average Bonchev–Trinajstić information content (AvgIpc) is 2.31. The van der Waals surface area contributed by atoms with E-state index >= 15 is 0 Å². The number of carbonyl (C=O) groups excluding carboxylic acids is 1. The smallest absolute Gasteiger partial charge is 0.340 e. The maximum atomic E-state index is 11.6. The van der Waals surface area contributed by atoms with Gasteiger partial charge in [-0.3, -0.25) is 0 Å². The average molecular weight is 254 g/mol. The number of thioether (sulfide) groups is 1. The van der Waals surface area contributed by atoms with Crippen LogP contribution in [-0.4, -0.2) is 31.1 Å². The number of methoxy groups -OCH3 is 1. The van der Waals surface area contributed by atoms with E-state index in [1.165, 1.54) is 7.11 Å². The standard InChI is InChI=1S/C12H18N2O2S/c1-8(7-17-3)14-11-9(12(15)16-2)5-4-6-10(11)13/h4-6,8,14H,7,13H2,1-3H3. The molecule has 0 heterocycles. The van der Waals surface area contributed by atoms with Gasteiger partial charge in [0.1, 0.15) is 0 Å². The highest BCUT2D eigenvalue weighted by Crippen LogP contribution is 2.25. The Hall–Kier alpha value is -1.36. The lowest BCUT2D eigenvalue weighted by molar-refractivity contribution is 0.0602. The van der Waals surface area contributed by atoms with Crippen LogP contribution in [0.3, 0.4) is 0 Å². The minimum atomic E-state index is -0.379. The molecule has 1 aromatic carbocycles. The van der Waals surface area contributed by atoms with Gasteiger partial charge < -0.3 is 15.8 Å². The molecule has 1 unspecified atom stereocenters. The van der Waals surface area contributed by atoms with Crippen LogP contribution in [0, 0.1) is 0 Å². The van der Waals surface area contributed by atoms with E-state index in [-0.39, 0.29) is 12.0 Å². The molecule has 0 saturated heterocycles. The molecular weight excluding hydrogens is 236 g/mol. The van der Waals surface area contributed by atoms with E-state index in [1.807, 2.05) is 13.2 Å². The lowest BCUT2D eigenvalue weighted by Gasteiger charge is -2.18. The van der Waals surface area contributed by atoms with E-state index in [4.69, 9.17) is 10.5 Å². The highest BCUT2D eigenvalue weighted by atomic mass is 32.2. The van der Waals surface area contributed by atoms with Crippen molar-refractivity contribution in [3.63, 3.8) is 0 Å². The third-order valence-corrected chi connectivity index (χ3v) is 3.14. The SMILES string of the molecule is COC(=O)c1cccc(N)c1NC(C)CSC. The van der Waals surface area contributed by atoms with Gasteiger partial charge in [0.25, 0.3) is 0 Å². The van der Waals surface area contributed by atoms with E-state index < -0.39 is 0 Å². The lowest BCUT2D eigenvalue weighted by Crippen LogP contribution is -2.21. The van der Waals surface area contributed by atoms with Crippen LogP contribution < -0.4 is 11.1 Å². The van der Waals surface area contributed by atoms with Crippen molar-refractivity contribution < 1.29 is 9.53 Å². The first kappa shape index (κ1) is 13.7. The molecule has 0 aliphatic heterocycles. The number of nitrogen functional groups attached to an aromatic ring is 1. The van der Waals surface area contributed by atoms with Gasteiger partial charge in [0, 0.05) is 11.8 Å². The van der Waals surface area contributed by atoms with Crippen molar-refractivity contribution in [1.29, 1.82) is 0 Å². The molecule has 0 aliphatic carbocycles. The number of ether oxygens (including phenoxy) is 1. The predicted octanol–water partition coefficient (Wildman–Crippen LogP) is 2.22. The third kappa shape index (κ3) is 3.56. The van der Waals surface area contributed by atoms with Crippen LogP contribution in [0.15, 0.2) is 18.2 Å². The molecule has 0 radical (unpaired) electrons. The van der Waals surface area contributed by atoms with Crippen molar-refractivity contribution in [3.8, 4) is 0 Å². The number of para-hydroxylation sites is 1. The molecule has 0 amide bonds. The summed E-state index contributed by atoms with van der Waals surface area (Å²) < 4.78 is 4.73. The number of benzene rings is 1. The summed E-state index contributed by atoms with van der Waals surface area (Å²) in [5, 5.41) is 3.25. The predicted molar refractivity (Wildman–Crippen MR) is 73.7 cm³/mol. The highest BCUT2D eigenvalue weighted by Gasteiger charge is 2.15. The second kappa shape index (κ2) is 6.39. The molecule has 0 aliphatic rings. The van der Waals surface area contributed by atoms with Crippen LogP contribution in [0.25, 0.3) is 0 Å². The fraction of sp³-hybridized carbons (Fsp3) is 0.417. The zero-order valence-corrected chi connectivity index (χ0v) is 11.1. The van der Waals surface area contributed by atoms with Gasteiger partial charge in [-0.15, -0.1) is 0 Å². The Morgan fingerprint density at radius 2 is 2.29 bits per heavy atom. The molecule has 0 aromatic heterocycles. The summed E-state index contributed by atoms with van der Waals surface area (Å²) in [6, 6.07) is 5.45. The Bertz CT molecular complexity index is 396. The largest absolute Gasteiger partial charge is 0.465 e. The molecular formula is C12H18N2O2S. The van der Waals surface area contributed by atoms with Crippen LogP contribution in [0.2, 0.25) is 0 Å². The van der Waals surface area contributed by atoms with Gasteiger partial charge in [0.2, 0.25) is 0 Å². The third-order valence-electron chi connectivity index (χ3n) is 2.31. The molecule has 0 saturated carbocycles. The van der Waals surface area contributed by atoms with Gasteiger partial charge in [0.05, 0.1) is 24.0 Å². The summed E-state index contributed by atoms with van der Waals surface area (Å²) >= 11 is 1.74. The van der Waals surface area contributed by atoms with Crippen LogP contribution in [-0.2, 0) is 4.74 Å². The molecule has 1 aromatic rings. The summed E-state index contributed by atoms with van der Waals surface area (Å²) in [6.07, 6.45) is 2.04. The zero-order chi connectivity index (χ0) is 12.8. The Labute approximate surface area is 106 Å². The first-order valence-electron chi connectivity index (χ1n) is 5.32. The van der Waals surface area contributed by atoms with Crippen LogP contribution in [0.4, 0.5) is 11.4 Å². The summed E-state index contributed by atoms with van der Waals surface area (Å²) in [4.78, 5) is 11.6. The number of esters is 1. The Kier molecular flexibility index (Phi) is 5.15. The van der Waals surface area contributed by atoms with E-state index in [0.29, 0.717) is 16.9 Å². The highest BCUT2D eigenvalue weighted by molar-refractivity contribution is 7.98. The van der Waals surface area contributed by atoms with Crippen molar-refractivity contribution in [2.45, 2.75) is 13.0 Å². The van der Waals surface area contributed by atoms with Crippen molar-refractivity contribution >= 4 is 29.1 Å². The van der Waals surface area contributed by atoms with Crippen LogP contribution in [0.5, 0.6) is 0 Å². The van der Waals surface area contributed by atoms with Gasteiger partial charge in [0.15, 0.2) is 0 Å². The fourth-order valence-electron chi connectivity index (χ4n) is 1.55. The maximum absolute atomic E-state index is 11.6. The Morgan fingerprint density at radius 3 is 2.88 bits per heavy atom. The summed E-state index contributed by atoms with van der Waals surface area (Å²) in [7, 11) is 1.36. The van der Waals surface area contributed by atoms with Crippen LogP contribution in [0.1, 0.15) is 17.3 Å². The Morgan fingerprint density at radius 1 is 1.59 bits per heavy atom. The normalized spacial score (nSPS) is 11.9. The number of hydrogen-bond donors (Lipinski definition) is 2. The topological polar surface area (TPSA) is 64.3 Å². The van der Waals surface area contributed by atoms with Gasteiger partial charge >= 0.3 is 5.97 Å². The van der Waals surface area contributed by atoms with E-state index in [2.05, 4.69) is 5.32 Å². The molecule has 4 nitrogen and oxygen atoms in total.